The van der Waals surface area contributed by atoms with Gasteiger partial charge >= 0.3 is 0 Å². The van der Waals surface area contributed by atoms with Crippen LogP contribution in [0, 0.1) is 31.6 Å². The van der Waals surface area contributed by atoms with Gasteiger partial charge in [-0.3, -0.25) is 0 Å². The Morgan fingerprint density at radius 1 is 0.680 bits per heavy atom. The van der Waals surface area contributed by atoms with Crippen LogP contribution in [0.15, 0.2) is 97.1 Å². The van der Waals surface area contributed by atoms with Crippen LogP contribution in [0.25, 0.3) is 38.6 Å². The summed E-state index contributed by atoms with van der Waals surface area (Å²) in [5.41, 5.74) is 9.67. The topological polar surface area (TPSA) is 57.9 Å². The molecule has 0 radical (unpaired) electrons. The maximum absolute atomic E-state index is 12.4. The van der Waals surface area contributed by atoms with Gasteiger partial charge in [0, 0.05) is 46.8 Å². The van der Waals surface area contributed by atoms with E-state index in [1.807, 2.05) is 12.1 Å². The van der Waals surface area contributed by atoms with Gasteiger partial charge in [-0.2, -0.15) is 0 Å². The van der Waals surface area contributed by atoms with Gasteiger partial charge in [-0.15, -0.1) is 0 Å². The van der Waals surface area contributed by atoms with Crippen molar-refractivity contribution in [2.45, 2.75) is 57.8 Å². The fraction of sp³-hybridized carbons (Fsp3) is 0.333. The fourth-order valence-electron chi connectivity index (χ4n) is 10.6. The Morgan fingerprint density at radius 3 is 1.90 bits per heavy atom. The number of phenolic OH excluding ortho intramolecular Hbond substituents is 2. The van der Waals surface area contributed by atoms with Gasteiger partial charge in [0.05, 0.1) is 29.0 Å². The second kappa shape index (κ2) is 11.9. The lowest BCUT2D eigenvalue weighted by Gasteiger charge is -2.57. The number of fused-ring (bicyclic) bond motifs is 3. The van der Waals surface area contributed by atoms with Gasteiger partial charge in [0.2, 0.25) is 0 Å². The molecule has 4 saturated carbocycles. The molecule has 0 unspecified atom stereocenters. The van der Waals surface area contributed by atoms with Crippen LogP contribution in [0.5, 0.6) is 11.5 Å². The average molecular weight is 663 g/mol. The number of anilines is 2. The molecule has 5 aromatic carbocycles. The highest BCUT2D eigenvalue weighted by atomic mass is 16.5. The Balaban J connectivity index is 1.21. The number of aryl methyl sites for hydroxylation is 2. The summed E-state index contributed by atoms with van der Waals surface area (Å²) in [6.45, 7) is 5.30. The minimum absolute atomic E-state index is 0.0536. The molecular formula is C45H46N2O3. The minimum atomic E-state index is 0.0536. The van der Waals surface area contributed by atoms with Crippen LogP contribution in [0.1, 0.15) is 55.2 Å². The summed E-state index contributed by atoms with van der Waals surface area (Å²) in [5.74, 6) is 2.97. The van der Waals surface area contributed by atoms with E-state index in [2.05, 4.69) is 108 Å². The van der Waals surface area contributed by atoms with Crippen molar-refractivity contribution in [1.29, 1.82) is 0 Å². The molecule has 4 aliphatic carbocycles. The van der Waals surface area contributed by atoms with Crippen molar-refractivity contribution in [3.8, 4) is 28.3 Å². The summed E-state index contributed by atoms with van der Waals surface area (Å²) in [6, 6.07) is 33.6. The van der Waals surface area contributed by atoms with Crippen LogP contribution >= 0.6 is 0 Å². The van der Waals surface area contributed by atoms with Crippen molar-refractivity contribution in [3.63, 3.8) is 0 Å². The molecular weight excluding hydrogens is 617 g/mol. The Hall–Kier alpha value is -4.74. The second-order valence-corrected chi connectivity index (χ2v) is 15.6. The largest absolute Gasteiger partial charge is 0.505 e. The van der Waals surface area contributed by atoms with Crippen LogP contribution in [-0.4, -0.2) is 35.0 Å². The highest BCUT2D eigenvalue weighted by Crippen LogP contribution is 2.63. The van der Waals surface area contributed by atoms with E-state index >= 15 is 0 Å². The molecule has 1 aromatic heterocycles. The van der Waals surface area contributed by atoms with Crippen molar-refractivity contribution in [1.82, 2.24) is 4.57 Å². The molecule has 254 valence electrons. The molecule has 4 aliphatic rings. The number of nitrogens with zero attached hydrogens (tertiary/aromatic N) is 2. The van der Waals surface area contributed by atoms with Crippen molar-refractivity contribution >= 4 is 33.2 Å². The number of aromatic hydroxyl groups is 2. The number of benzene rings is 5. The number of methoxy groups -OCH3 is 1. The zero-order valence-electron chi connectivity index (χ0n) is 29.3. The smallest absolute Gasteiger partial charge is 0.147 e. The van der Waals surface area contributed by atoms with E-state index in [9.17, 15) is 10.2 Å². The van der Waals surface area contributed by atoms with Crippen molar-refractivity contribution in [2.75, 3.05) is 25.2 Å². The molecule has 10 rings (SSSR count). The molecule has 0 saturated heterocycles. The molecule has 0 aliphatic heterocycles. The van der Waals surface area contributed by atoms with E-state index in [-0.39, 0.29) is 11.2 Å². The van der Waals surface area contributed by atoms with Gasteiger partial charge in [0.1, 0.15) is 11.5 Å². The van der Waals surface area contributed by atoms with Crippen molar-refractivity contribution < 1.29 is 14.9 Å². The molecule has 5 heteroatoms. The predicted octanol–water partition coefficient (Wildman–Crippen LogP) is 10.7. The number of phenols is 2. The third-order valence-electron chi connectivity index (χ3n) is 12.2. The van der Waals surface area contributed by atoms with E-state index in [4.69, 9.17) is 4.74 Å². The van der Waals surface area contributed by atoms with Gasteiger partial charge in [-0.1, -0.05) is 60.7 Å². The van der Waals surface area contributed by atoms with E-state index in [1.54, 1.807) is 7.11 Å². The number of ether oxygens (including phenoxy) is 1. The van der Waals surface area contributed by atoms with Gasteiger partial charge in [-0.25, -0.2) is 0 Å². The molecule has 4 fully saturated rings. The fourth-order valence-corrected chi connectivity index (χ4v) is 10.6. The summed E-state index contributed by atoms with van der Waals surface area (Å²) in [6.07, 6.45) is 7.65. The van der Waals surface area contributed by atoms with Gasteiger partial charge in [-0.05, 0) is 123 Å². The Kier molecular flexibility index (Phi) is 7.47. The highest BCUT2D eigenvalue weighted by Gasteiger charge is 2.52. The first kappa shape index (κ1) is 31.3. The molecule has 0 spiro atoms. The third kappa shape index (κ3) is 4.92. The number of hydrogen-bond donors (Lipinski definition) is 2. The monoisotopic (exact) mass is 662 g/mol. The zero-order valence-corrected chi connectivity index (χ0v) is 29.3. The third-order valence-corrected chi connectivity index (χ3v) is 12.2. The summed E-state index contributed by atoms with van der Waals surface area (Å²) < 4.78 is 7.86. The standard InChI is InChI=1S/C45H46N2O3/c1-28-18-36(43(48)42(21-28)47-39-14-8-5-10-33(39)34-11-6-9-15-40(34)47)35-12-4-7-13-38(35)46(16-17-50-3)41-20-29(2)19-37(44(41)49)45-25-30-22-31(26-45)24-32(23-30)27-45/h4-15,18-21,30-32,48-49H,16-17,22-27H2,1-3H3. The second-order valence-electron chi connectivity index (χ2n) is 15.6. The van der Waals surface area contributed by atoms with E-state index in [0.717, 1.165) is 84.4 Å². The Labute approximate surface area is 294 Å². The van der Waals surface area contributed by atoms with E-state index in [1.165, 1.54) is 38.5 Å². The molecule has 0 amide bonds. The highest BCUT2D eigenvalue weighted by molar-refractivity contribution is 6.09. The van der Waals surface area contributed by atoms with Crippen LogP contribution < -0.4 is 4.90 Å². The molecule has 0 atom stereocenters. The van der Waals surface area contributed by atoms with Crippen molar-refractivity contribution in [2.24, 2.45) is 17.8 Å². The summed E-state index contributed by atoms with van der Waals surface area (Å²) in [7, 11) is 1.73. The van der Waals surface area contributed by atoms with Crippen LogP contribution in [0.3, 0.4) is 0 Å². The normalized spacial score (nSPS) is 22.5. The van der Waals surface area contributed by atoms with E-state index < -0.39 is 0 Å². The van der Waals surface area contributed by atoms with Gasteiger partial charge in [0.15, 0.2) is 0 Å². The number of aromatic nitrogens is 1. The minimum Gasteiger partial charge on any atom is -0.505 e. The number of para-hydroxylation sites is 3. The van der Waals surface area contributed by atoms with Crippen LogP contribution in [0.4, 0.5) is 11.4 Å². The van der Waals surface area contributed by atoms with Crippen molar-refractivity contribution in [3.05, 3.63) is 114 Å². The molecule has 5 nitrogen and oxygen atoms in total. The van der Waals surface area contributed by atoms with Gasteiger partial charge < -0.3 is 24.4 Å². The maximum atomic E-state index is 12.4. The predicted molar refractivity (Wildman–Crippen MR) is 204 cm³/mol. The van der Waals surface area contributed by atoms with E-state index in [0.29, 0.717) is 18.9 Å². The van der Waals surface area contributed by atoms with Gasteiger partial charge in [0.25, 0.3) is 0 Å². The maximum Gasteiger partial charge on any atom is 0.147 e. The first-order valence-electron chi connectivity index (χ1n) is 18.4. The Bertz CT molecular complexity index is 2180. The first-order chi connectivity index (χ1) is 24.3. The zero-order chi connectivity index (χ0) is 34.1. The lowest BCUT2D eigenvalue weighted by atomic mass is 9.48. The Morgan fingerprint density at radius 2 is 1.26 bits per heavy atom. The molecule has 50 heavy (non-hydrogen) atoms. The summed E-state index contributed by atoms with van der Waals surface area (Å²) in [5, 5.41) is 27.0. The quantitative estimate of drug-likeness (QED) is 0.170. The average Bonchev–Trinajstić information content (AvgIpc) is 3.44. The first-order valence-corrected chi connectivity index (χ1v) is 18.4. The molecule has 1 heterocycles. The molecule has 2 N–H and O–H groups in total. The van der Waals surface area contributed by atoms with Crippen LogP contribution in [-0.2, 0) is 10.2 Å². The summed E-state index contributed by atoms with van der Waals surface area (Å²) >= 11 is 0. The number of hydrogen-bond acceptors (Lipinski definition) is 4. The molecule has 6 aromatic rings. The van der Waals surface area contributed by atoms with Crippen LogP contribution in [0.2, 0.25) is 0 Å². The SMILES string of the molecule is COCCN(c1ccccc1-c1cc(C)cc(-n2c3ccccc3c3ccccc32)c1O)c1cc(C)cc(C23CC4CC(CC(C4)C2)C3)c1O. The lowest BCUT2D eigenvalue weighted by molar-refractivity contribution is -0.00613. The molecule has 4 bridgehead atoms. The summed E-state index contributed by atoms with van der Waals surface area (Å²) in [4.78, 5) is 2.22. The lowest BCUT2D eigenvalue weighted by Crippen LogP contribution is -2.48. The number of rotatable bonds is 8.